The predicted octanol–water partition coefficient (Wildman–Crippen LogP) is -0.227. The number of rotatable bonds is 3. The molecule has 6 heteroatoms. The summed E-state index contributed by atoms with van der Waals surface area (Å²) < 4.78 is 4.81. The first-order chi connectivity index (χ1) is 8.51. The van der Waals surface area contributed by atoms with E-state index in [9.17, 15) is 14.4 Å². The van der Waals surface area contributed by atoms with Crippen molar-refractivity contribution < 1.29 is 19.1 Å². The molecule has 6 nitrogen and oxygen atoms in total. The quantitative estimate of drug-likeness (QED) is 0.515. The zero-order valence-corrected chi connectivity index (χ0v) is 10.8. The van der Waals surface area contributed by atoms with Crippen LogP contribution in [-0.2, 0) is 19.1 Å². The molecule has 18 heavy (non-hydrogen) atoms. The second kappa shape index (κ2) is 4.59. The molecule has 0 aromatic heterocycles. The standard InChI is InChI=1S/C12H18N2O4/c1-3-18-10(16)7-13-8-12(11(13)17)5-4-6-14(12)9(2)15/h3-8H2,1-2H3/t12-/m0/s1. The van der Waals surface area contributed by atoms with Crippen LogP contribution in [0.2, 0.25) is 0 Å². The maximum absolute atomic E-state index is 12.2. The molecule has 0 unspecified atom stereocenters. The third-order valence-corrected chi connectivity index (χ3v) is 3.63. The van der Waals surface area contributed by atoms with Gasteiger partial charge in [-0.15, -0.1) is 0 Å². The highest BCUT2D eigenvalue weighted by atomic mass is 16.5. The minimum absolute atomic E-state index is 0.0137. The van der Waals surface area contributed by atoms with Gasteiger partial charge in [0.25, 0.3) is 5.91 Å². The number of hydrogen-bond acceptors (Lipinski definition) is 4. The van der Waals surface area contributed by atoms with Gasteiger partial charge in [0.1, 0.15) is 12.1 Å². The van der Waals surface area contributed by atoms with E-state index in [1.165, 1.54) is 11.8 Å². The van der Waals surface area contributed by atoms with Gasteiger partial charge in [-0.1, -0.05) is 0 Å². The van der Waals surface area contributed by atoms with Crippen molar-refractivity contribution in [1.29, 1.82) is 0 Å². The van der Waals surface area contributed by atoms with Gasteiger partial charge in [0, 0.05) is 13.5 Å². The molecule has 100 valence electrons. The van der Waals surface area contributed by atoms with E-state index < -0.39 is 11.5 Å². The molecule has 0 bridgehead atoms. The molecule has 1 atom stereocenters. The SMILES string of the molecule is CCOC(=O)CN1C[C@@]2(CCCN2C(C)=O)C1=O. The van der Waals surface area contributed by atoms with Crippen molar-refractivity contribution in [2.24, 2.45) is 0 Å². The van der Waals surface area contributed by atoms with Crippen molar-refractivity contribution >= 4 is 17.8 Å². The summed E-state index contributed by atoms with van der Waals surface area (Å²) in [5.74, 6) is -0.590. The molecule has 2 amide bonds. The lowest BCUT2D eigenvalue weighted by Gasteiger charge is -2.50. The summed E-state index contributed by atoms with van der Waals surface area (Å²) >= 11 is 0. The minimum Gasteiger partial charge on any atom is -0.465 e. The zero-order chi connectivity index (χ0) is 13.3. The van der Waals surface area contributed by atoms with Crippen molar-refractivity contribution in [3.8, 4) is 0 Å². The maximum Gasteiger partial charge on any atom is 0.325 e. The van der Waals surface area contributed by atoms with Gasteiger partial charge >= 0.3 is 5.97 Å². The fourth-order valence-electron chi connectivity index (χ4n) is 2.87. The fraction of sp³-hybridized carbons (Fsp3) is 0.750. The van der Waals surface area contributed by atoms with E-state index in [0.717, 1.165) is 6.42 Å². The lowest BCUT2D eigenvalue weighted by molar-refractivity contribution is -0.171. The second-order valence-corrected chi connectivity index (χ2v) is 4.77. The first kappa shape index (κ1) is 12.9. The number of likely N-dealkylation sites (tertiary alicyclic amines) is 2. The molecule has 2 rings (SSSR count). The van der Waals surface area contributed by atoms with E-state index in [1.54, 1.807) is 11.8 Å². The minimum atomic E-state index is -0.668. The van der Waals surface area contributed by atoms with Crippen LogP contribution in [0.15, 0.2) is 0 Å². The summed E-state index contributed by atoms with van der Waals surface area (Å²) in [6.45, 7) is 4.59. The monoisotopic (exact) mass is 254 g/mol. The molecule has 2 fully saturated rings. The van der Waals surface area contributed by atoms with Crippen LogP contribution in [0.1, 0.15) is 26.7 Å². The lowest BCUT2D eigenvalue weighted by atomic mass is 9.85. The molecule has 0 aliphatic carbocycles. The number of amides is 2. The molecule has 2 saturated heterocycles. The molecule has 0 aromatic carbocycles. The van der Waals surface area contributed by atoms with E-state index >= 15 is 0 Å². The molecular weight excluding hydrogens is 236 g/mol. The Morgan fingerprint density at radius 2 is 2.17 bits per heavy atom. The van der Waals surface area contributed by atoms with Crippen LogP contribution in [0.25, 0.3) is 0 Å². The summed E-state index contributed by atoms with van der Waals surface area (Å²) in [6, 6.07) is 0. The van der Waals surface area contributed by atoms with Gasteiger partial charge in [0.05, 0.1) is 13.2 Å². The van der Waals surface area contributed by atoms with Crippen LogP contribution in [0.3, 0.4) is 0 Å². The summed E-state index contributed by atoms with van der Waals surface area (Å²) in [5, 5.41) is 0. The Balaban J connectivity index is 1.98. The summed E-state index contributed by atoms with van der Waals surface area (Å²) in [5.41, 5.74) is -0.668. The highest BCUT2D eigenvalue weighted by Gasteiger charge is 2.59. The number of hydrogen-bond donors (Lipinski definition) is 0. The normalized spacial score (nSPS) is 26.4. The van der Waals surface area contributed by atoms with Gasteiger partial charge in [-0.3, -0.25) is 14.4 Å². The second-order valence-electron chi connectivity index (χ2n) is 4.77. The highest BCUT2D eigenvalue weighted by Crippen LogP contribution is 2.38. The van der Waals surface area contributed by atoms with Crippen molar-refractivity contribution in [3.63, 3.8) is 0 Å². The molecule has 2 heterocycles. The van der Waals surface area contributed by atoms with Crippen LogP contribution < -0.4 is 0 Å². The Morgan fingerprint density at radius 3 is 2.72 bits per heavy atom. The largest absolute Gasteiger partial charge is 0.465 e. The van der Waals surface area contributed by atoms with Gasteiger partial charge in [-0.2, -0.15) is 0 Å². The summed E-state index contributed by atoms with van der Waals surface area (Å²) in [6.07, 6.45) is 1.54. The average molecular weight is 254 g/mol. The third kappa shape index (κ3) is 1.85. The van der Waals surface area contributed by atoms with Gasteiger partial charge < -0.3 is 14.5 Å². The summed E-state index contributed by atoms with van der Waals surface area (Å²) in [4.78, 5) is 38.1. The maximum atomic E-state index is 12.2. The van der Waals surface area contributed by atoms with Crippen molar-refractivity contribution in [3.05, 3.63) is 0 Å². The molecule has 0 saturated carbocycles. The van der Waals surface area contributed by atoms with Crippen molar-refractivity contribution in [1.82, 2.24) is 9.80 Å². The lowest BCUT2D eigenvalue weighted by Crippen LogP contribution is -2.73. The van der Waals surface area contributed by atoms with E-state index in [2.05, 4.69) is 0 Å². The Bertz CT molecular complexity index is 396. The molecule has 1 spiro atoms. The number of ether oxygens (including phenoxy) is 1. The van der Waals surface area contributed by atoms with Gasteiger partial charge in [0.2, 0.25) is 5.91 Å². The van der Waals surface area contributed by atoms with Crippen LogP contribution in [0, 0.1) is 0 Å². The van der Waals surface area contributed by atoms with Crippen LogP contribution >= 0.6 is 0 Å². The van der Waals surface area contributed by atoms with E-state index in [1.807, 2.05) is 0 Å². The van der Waals surface area contributed by atoms with Gasteiger partial charge in [0.15, 0.2) is 0 Å². The highest BCUT2D eigenvalue weighted by molar-refractivity contribution is 5.98. The van der Waals surface area contributed by atoms with Crippen LogP contribution in [0.4, 0.5) is 0 Å². The smallest absolute Gasteiger partial charge is 0.325 e. The average Bonchev–Trinajstić information content (AvgIpc) is 2.75. The molecule has 0 radical (unpaired) electrons. The van der Waals surface area contributed by atoms with Gasteiger partial charge in [-0.25, -0.2) is 0 Å². The topological polar surface area (TPSA) is 66.9 Å². The molecule has 2 aliphatic rings. The number of carbonyl (C=O) groups is 3. The Hall–Kier alpha value is -1.59. The first-order valence-corrected chi connectivity index (χ1v) is 6.24. The Labute approximate surface area is 106 Å². The Kier molecular flexibility index (Phi) is 3.28. The molecule has 2 aliphatic heterocycles. The Morgan fingerprint density at radius 1 is 1.44 bits per heavy atom. The molecule has 0 N–H and O–H groups in total. The van der Waals surface area contributed by atoms with Gasteiger partial charge in [-0.05, 0) is 19.8 Å². The van der Waals surface area contributed by atoms with E-state index in [0.29, 0.717) is 26.1 Å². The summed E-state index contributed by atoms with van der Waals surface area (Å²) in [7, 11) is 0. The first-order valence-electron chi connectivity index (χ1n) is 6.24. The third-order valence-electron chi connectivity index (χ3n) is 3.63. The van der Waals surface area contributed by atoms with E-state index in [4.69, 9.17) is 4.74 Å². The van der Waals surface area contributed by atoms with Crippen LogP contribution in [-0.4, -0.2) is 59.4 Å². The number of nitrogens with zero attached hydrogens (tertiary/aromatic N) is 2. The number of carbonyl (C=O) groups excluding carboxylic acids is 3. The fourth-order valence-corrected chi connectivity index (χ4v) is 2.87. The number of β-lactam (4-membered cyclic amide) rings is 1. The molecule has 0 aromatic rings. The van der Waals surface area contributed by atoms with Crippen LogP contribution in [0.5, 0.6) is 0 Å². The molecular formula is C12H18N2O4. The van der Waals surface area contributed by atoms with Crippen molar-refractivity contribution in [2.45, 2.75) is 32.2 Å². The van der Waals surface area contributed by atoms with Crippen molar-refractivity contribution in [2.75, 3.05) is 26.2 Å². The van der Waals surface area contributed by atoms with E-state index in [-0.39, 0.29) is 18.4 Å². The zero-order valence-electron chi connectivity index (χ0n) is 10.8. The number of esters is 1. The predicted molar refractivity (Wildman–Crippen MR) is 62.6 cm³/mol.